The number of carboxylic acids is 1. The maximum Gasteiger partial charge on any atom is 0.305 e. The number of aromatic nitrogens is 1. The number of hydrogen-bond donors (Lipinski definition) is 2. The normalized spacial score (nSPS) is 11.7. The summed E-state index contributed by atoms with van der Waals surface area (Å²) >= 11 is 0. The number of halogens is 1. The summed E-state index contributed by atoms with van der Waals surface area (Å²) in [6.07, 6.45) is 0.656. The number of Topliss-reactive ketones (excluding diaryl/α,β-unsaturated/α-hetero) is 1. The van der Waals surface area contributed by atoms with Gasteiger partial charge in [0.1, 0.15) is 19.3 Å². The van der Waals surface area contributed by atoms with Gasteiger partial charge in [-0.1, -0.05) is 6.07 Å². The van der Waals surface area contributed by atoms with Gasteiger partial charge in [-0.2, -0.15) is 0 Å². The number of pyridine rings is 1. The Balaban J connectivity index is 2.71. The Labute approximate surface area is 113 Å². The highest BCUT2D eigenvalue weighted by atomic mass is 19.1. The van der Waals surface area contributed by atoms with Crippen LogP contribution < -0.4 is 10.9 Å². The number of carbonyl (C=O) groups is 3. The van der Waals surface area contributed by atoms with E-state index in [2.05, 4.69) is 5.32 Å². The molecular weight excluding hydrogens is 271 g/mol. The van der Waals surface area contributed by atoms with Gasteiger partial charge in [-0.25, -0.2) is 4.39 Å². The average molecular weight is 284 g/mol. The van der Waals surface area contributed by atoms with Gasteiger partial charge in [-0.3, -0.25) is 19.2 Å². The summed E-state index contributed by atoms with van der Waals surface area (Å²) in [7, 11) is 0. The van der Waals surface area contributed by atoms with Gasteiger partial charge in [0.05, 0.1) is 6.42 Å². The zero-order valence-electron chi connectivity index (χ0n) is 10.4. The van der Waals surface area contributed by atoms with E-state index in [0.29, 0.717) is 0 Å². The van der Waals surface area contributed by atoms with Crippen LogP contribution in [0.2, 0.25) is 0 Å². The zero-order chi connectivity index (χ0) is 15.1. The Morgan fingerprint density at radius 2 is 2.05 bits per heavy atom. The van der Waals surface area contributed by atoms with E-state index >= 15 is 0 Å². The van der Waals surface area contributed by atoms with Crippen molar-refractivity contribution in [1.29, 1.82) is 0 Å². The van der Waals surface area contributed by atoms with Crippen molar-refractivity contribution in [2.24, 2.45) is 0 Å². The van der Waals surface area contributed by atoms with Crippen molar-refractivity contribution in [3.05, 3.63) is 34.7 Å². The fourth-order valence-corrected chi connectivity index (χ4v) is 1.50. The van der Waals surface area contributed by atoms with Crippen LogP contribution in [0.25, 0.3) is 0 Å². The molecule has 1 aromatic rings. The first kappa shape index (κ1) is 15.5. The van der Waals surface area contributed by atoms with Crippen LogP contribution in [0.1, 0.15) is 6.42 Å². The second kappa shape index (κ2) is 7.17. The fourth-order valence-electron chi connectivity index (χ4n) is 1.50. The Kier molecular flexibility index (Phi) is 5.57. The molecule has 1 atom stereocenters. The molecular formula is C12H13FN2O5. The monoisotopic (exact) mass is 284 g/mol. The van der Waals surface area contributed by atoms with Crippen LogP contribution in [0, 0.1) is 0 Å². The van der Waals surface area contributed by atoms with Crippen molar-refractivity contribution in [3.63, 3.8) is 0 Å². The van der Waals surface area contributed by atoms with Gasteiger partial charge >= 0.3 is 5.97 Å². The van der Waals surface area contributed by atoms with Crippen LogP contribution in [0.4, 0.5) is 4.39 Å². The molecule has 7 nitrogen and oxygen atoms in total. The van der Waals surface area contributed by atoms with Crippen molar-refractivity contribution in [2.45, 2.75) is 19.0 Å². The van der Waals surface area contributed by atoms with E-state index < -0.39 is 42.4 Å². The van der Waals surface area contributed by atoms with Crippen molar-refractivity contribution in [3.8, 4) is 0 Å². The Bertz CT molecular complexity index is 569. The standard InChI is InChI=1S/C12H13FN2O5/c13-6-9(16)8(5-12(19)20)14-10(17)7-15-4-2-1-3-11(15)18/h1-4,8H,5-7H2,(H,14,17)(H,19,20). The lowest BCUT2D eigenvalue weighted by Gasteiger charge is -2.14. The number of alkyl halides is 1. The zero-order valence-corrected chi connectivity index (χ0v) is 10.4. The third-order valence-electron chi connectivity index (χ3n) is 2.45. The minimum Gasteiger partial charge on any atom is -0.481 e. The second-order valence-corrected chi connectivity index (χ2v) is 3.98. The number of ketones is 1. The Hall–Kier alpha value is -2.51. The van der Waals surface area contributed by atoms with Gasteiger partial charge in [0.25, 0.3) is 5.56 Å². The SMILES string of the molecule is O=C(O)CC(NC(=O)Cn1ccccc1=O)C(=O)CF. The summed E-state index contributed by atoms with van der Waals surface area (Å²) in [5, 5.41) is 10.7. The average Bonchev–Trinajstić information content (AvgIpc) is 2.39. The molecule has 0 aliphatic carbocycles. The number of rotatable bonds is 7. The first-order valence-corrected chi connectivity index (χ1v) is 5.69. The Morgan fingerprint density at radius 1 is 1.35 bits per heavy atom. The van der Waals surface area contributed by atoms with E-state index in [-0.39, 0.29) is 6.54 Å². The molecule has 1 aromatic heterocycles. The highest BCUT2D eigenvalue weighted by Crippen LogP contribution is 1.96. The molecule has 1 heterocycles. The van der Waals surface area contributed by atoms with Crippen LogP contribution >= 0.6 is 0 Å². The van der Waals surface area contributed by atoms with E-state index in [1.54, 1.807) is 0 Å². The molecule has 1 unspecified atom stereocenters. The molecule has 108 valence electrons. The van der Waals surface area contributed by atoms with E-state index in [1.165, 1.54) is 24.4 Å². The lowest BCUT2D eigenvalue weighted by atomic mass is 10.1. The number of hydrogen-bond acceptors (Lipinski definition) is 4. The van der Waals surface area contributed by atoms with E-state index in [0.717, 1.165) is 4.57 Å². The molecule has 0 saturated carbocycles. The first-order chi connectivity index (χ1) is 9.43. The number of nitrogens with one attached hydrogen (secondary N) is 1. The first-order valence-electron chi connectivity index (χ1n) is 5.69. The van der Waals surface area contributed by atoms with Crippen LogP contribution in [0.15, 0.2) is 29.2 Å². The molecule has 0 aliphatic rings. The molecule has 0 spiro atoms. The highest BCUT2D eigenvalue weighted by molar-refractivity contribution is 5.92. The van der Waals surface area contributed by atoms with E-state index in [4.69, 9.17) is 5.11 Å². The Morgan fingerprint density at radius 3 is 2.60 bits per heavy atom. The molecule has 0 bridgehead atoms. The smallest absolute Gasteiger partial charge is 0.305 e. The van der Waals surface area contributed by atoms with Gasteiger partial charge in [0, 0.05) is 12.3 Å². The summed E-state index contributed by atoms with van der Waals surface area (Å²) in [5.41, 5.74) is -0.422. The lowest BCUT2D eigenvalue weighted by Crippen LogP contribution is -2.45. The number of carbonyl (C=O) groups excluding carboxylic acids is 2. The van der Waals surface area contributed by atoms with Crippen LogP contribution in [0.5, 0.6) is 0 Å². The molecule has 0 fully saturated rings. The quantitative estimate of drug-likeness (QED) is 0.692. The summed E-state index contributed by atoms with van der Waals surface area (Å²) in [5.74, 6) is -3.11. The van der Waals surface area contributed by atoms with Crippen LogP contribution in [0.3, 0.4) is 0 Å². The maximum atomic E-state index is 12.3. The molecule has 0 aromatic carbocycles. The highest BCUT2D eigenvalue weighted by Gasteiger charge is 2.23. The van der Waals surface area contributed by atoms with E-state index in [9.17, 15) is 23.6 Å². The lowest BCUT2D eigenvalue weighted by molar-refractivity contribution is -0.140. The number of nitrogens with zero attached hydrogens (tertiary/aromatic N) is 1. The molecule has 2 N–H and O–H groups in total. The van der Waals surface area contributed by atoms with Gasteiger partial charge < -0.3 is 15.0 Å². The predicted molar refractivity (Wildman–Crippen MR) is 65.9 cm³/mol. The molecule has 0 aliphatic heterocycles. The van der Waals surface area contributed by atoms with Gasteiger partial charge in [0.15, 0.2) is 5.78 Å². The number of aliphatic carboxylic acids is 1. The predicted octanol–water partition coefficient (Wildman–Crippen LogP) is -0.654. The summed E-state index contributed by atoms with van der Waals surface area (Å²) in [4.78, 5) is 44.7. The van der Waals surface area contributed by atoms with Crippen molar-refractivity contribution < 1.29 is 23.9 Å². The minimum atomic E-state index is -1.44. The number of carboxylic acid groups (broad SMARTS) is 1. The molecule has 0 saturated heterocycles. The van der Waals surface area contributed by atoms with Crippen molar-refractivity contribution in [1.82, 2.24) is 9.88 Å². The molecule has 1 rings (SSSR count). The van der Waals surface area contributed by atoms with Gasteiger partial charge in [0.2, 0.25) is 5.91 Å². The summed E-state index contributed by atoms with van der Waals surface area (Å²) in [6.45, 7) is -1.75. The molecule has 1 amide bonds. The van der Waals surface area contributed by atoms with Crippen molar-refractivity contribution in [2.75, 3.05) is 6.67 Å². The van der Waals surface area contributed by atoms with E-state index in [1.807, 2.05) is 0 Å². The van der Waals surface area contributed by atoms with Gasteiger partial charge in [-0.05, 0) is 6.07 Å². The second-order valence-electron chi connectivity index (χ2n) is 3.98. The third kappa shape index (κ3) is 4.63. The topological polar surface area (TPSA) is 105 Å². The largest absolute Gasteiger partial charge is 0.481 e. The minimum absolute atomic E-state index is 0.380. The fraction of sp³-hybridized carbons (Fsp3) is 0.333. The summed E-state index contributed by atoms with van der Waals surface area (Å²) in [6, 6.07) is 2.84. The maximum absolute atomic E-state index is 12.3. The molecule has 20 heavy (non-hydrogen) atoms. The van der Waals surface area contributed by atoms with Crippen molar-refractivity contribution >= 4 is 17.7 Å². The van der Waals surface area contributed by atoms with Gasteiger partial charge in [-0.15, -0.1) is 0 Å². The van der Waals surface area contributed by atoms with Crippen LogP contribution in [-0.2, 0) is 20.9 Å². The molecule has 0 radical (unpaired) electrons. The van der Waals surface area contributed by atoms with Crippen LogP contribution in [-0.4, -0.2) is 40.0 Å². The third-order valence-corrected chi connectivity index (χ3v) is 2.45. The number of amides is 1. The molecule has 8 heteroatoms. The summed E-state index contributed by atoms with van der Waals surface area (Å²) < 4.78 is 13.4.